The van der Waals surface area contributed by atoms with Gasteiger partial charge in [0, 0.05) is 22.4 Å². The lowest BCUT2D eigenvalue weighted by Gasteiger charge is -2.20. The van der Waals surface area contributed by atoms with Gasteiger partial charge in [-0.15, -0.1) is 11.3 Å². The molecule has 3 N–H and O–H groups in total. The number of hydrogen-bond donors (Lipinski definition) is 2. The number of carbonyl (C=O) groups excluding carboxylic acids is 2. The van der Waals surface area contributed by atoms with Gasteiger partial charge in [0.15, 0.2) is 5.13 Å². The van der Waals surface area contributed by atoms with Gasteiger partial charge in [-0.2, -0.15) is 5.10 Å². The van der Waals surface area contributed by atoms with E-state index < -0.39 is 23.7 Å². The van der Waals surface area contributed by atoms with E-state index >= 15 is 0 Å². The first-order valence-corrected chi connectivity index (χ1v) is 10.1. The lowest BCUT2D eigenvalue weighted by atomic mass is 10.1. The number of halogens is 2. The number of benzene rings is 2. The Kier molecular flexibility index (Phi) is 5.47. The van der Waals surface area contributed by atoms with E-state index in [1.807, 2.05) is 17.5 Å². The molecule has 1 atom stereocenters. The highest BCUT2D eigenvalue weighted by Crippen LogP contribution is 2.28. The predicted molar refractivity (Wildman–Crippen MR) is 115 cm³/mol. The summed E-state index contributed by atoms with van der Waals surface area (Å²) in [6, 6.07) is 11.8. The van der Waals surface area contributed by atoms with Crippen LogP contribution in [0.5, 0.6) is 0 Å². The second-order valence-corrected chi connectivity index (χ2v) is 7.78. The zero-order valence-corrected chi connectivity index (χ0v) is 17.0. The third kappa shape index (κ3) is 4.17. The lowest BCUT2D eigenvalue weighted by molar-refractivity contribution is -0.119. The summed E-state index contributed by atoms with van der Waals surface area (Å²) < 4.78 is 13.2. The average molecular weight is 444 g/mol. The van der Waals surface area contributed by atoms with Gasteiger partial charge >= 0.3 is 0 Å². The molecule has 1 aliphatic rings. The van der Waals surface area contributed by atoms with Crippen LogP contribution in [0.15, 0.2) is 59.0 Å². The topological polar surface area (TPSA) is 101 Å². The molecule has 1 aliphatic heterocycles. The van der Waals surface area contributed by atoms with Crippen LogP contribution in [0.1, 0.15) is 6.42 Å². The van der Waals surface area contributed by atoms with Crippen molar-refractivity contribution < 1.29 is 14.0 Å². The van der Waals surface area contributed by atoms with Gasteiger partial charge < -0.3 is 5.73 Å². The van der Waals surface area contributed by atoms with E-state index in [9.17, 15) is 14.0 Å². The van der Waals surface area contributed by atoms with Gasteiger partial charge in [0.1, 0.15) is 17.6 Å². The first kappa shape index (κ1) is 20.0. The van der Waals surface area contributed by atoms with E-state index in [0.29, 0.717) is 21.5 Å². The molecule has 2 aromatic carbocycles. The van der Waals surface area contributed by atoms with E-state index in [0.717, 1.165) is 5.56 Å². The second-order valence-electron chi connectivity index (χ2n) is 6.49. The van der Waals surface area contributed by atoms with Crippen molar-refractivity contribution in [3.8, 4) is 11.3 Å². The molecular formula is C20H15ClFN5O2S. The highest BCUT2D eigenvalue weighted by molar-refractivity contribution is 7.14. The SMILES string of the molecule is NC(=O)C1CC(C(=O)Nc2nc(-c3ccc(Cl)cc3)cs2)=NN1c1ccc(F)cc1. The number of hydrazone groups is 1. The number of rotatable bonds is 5. The van der Waals surface area contributed by atoms with Crippen LogP contribution in [0, 0.1) is 5.82 Å². The number of amides is 2. The summed E-state index contributed by atoms with van der Waals surface area (Å²) in [5.74, 6) is -1.54. The number of nitrogens with two attached hydrogens (primary N) is 1. The molecule has 0 aliphatic carbocycles. The van der Waals surface area contributed by atoms with Crippen molar-refractivity contribution in [2.75, 3.05) is 10.3 Å². The first-order chi connectivity index (χ1) is 14.4. The summed E-state index contributed by atoms with van der Waals surface area (Å²) in [7, 11) is 0. The van der Waals surface area contributed by atoms with E-state index in [1.165, 1.54) is 40.6 Å². The van der Waals surface area contributed by atoms with Gasteiger partial charge in [-0.3, -0.25) is 19.9 Å². The number of nitrogens with one attached hydrogen (secondary N) is 1. The molecule has 1 unspecified atom stereocenters. The first-order valence-electron chi connectivity index (χ1n) is 8.85. The summed E-state index contributed by atoms with van der Waals surface area (Å²) in [5.41, 5.74) is 7.62. The third-order valence-corrected chi connectivity index (χ3v) is 5.47. The number of primary amides is 1. The van der Waals surface area contributed by atoms with Crippen molar-refractivity contribution in [3.63, 3.8) is 0 Å². The highest BCUT2D eigenvalue weighted by Gasteiger charge is 2.35. The quantitative estimate of drug-likeness (QED) is 0.628. The molecule has 0 saturated carbocycles. The molecule has 0 fully saturated rings. The molecule has 4 rings (SSSR count). The molecule has 2 amide bonds. The van der Waals surface area contributed by atoms with Gasteiger partial charge in [-0.05, 0) is 36.4 Å². The Balaban J connectivity index is 1.51. The van der Waals surface area contributed by atoms with Crippen LogP contribution in [0.25, 0.3) is 11.3 Å². The van der Waals surface area contributed by atoms with E-state index in [1.54, 1.807) is 12.1 Å². The maximum Gasteiger partial charge on any atom is 0.273 e. The second kappa shape index (κ2) is 8.21. The monoisotopic (exact) mass is 443 g/mol. The van der Waals surface area contributed by atoms with Gasteiger partial charge in [-0.1, -0.05) is 23.7 Å². The largest absolute Gasteiger partial charge is 0.368 e. The Labute approximate surface area is 180 Å². The molecule has 0 radical (unpaired) electrons. The highest BCUT2D eigenvalue weighted by atomic mass is 35.5. The zero-order chi connectivity index (χ0) is 21.3. The molecule has 30 heavy (non-hydrogen) atoms. The van der Waals surface area contributed by atoms with E-state index in [4.69, 9.17) is 17.3 Å². The van der Waals surface area contributed by atoms with Crippen molar-refractivity contribution in [2.24, 2.45) is 10.8 Å². The van der Waals surface area contributed by atoms with Crippen LogP contribution in [-0.4, -0.2) is 28.6 Å². The fraction of sp³-hybridized carbons (Fsp3) is 0.100. The van der Waals surface area contributed by atoms with Crippen molar-refractivity contribution in [2.45, 2.75) is 12.5 Å². The van der Waals surface area contributed by atoms with Crippen molar-refractivity contribution in [1.29, 1.82) is 0 Å². The summed E-state index contributed by atoms with van der Waals surface area (Å²) in [5, 5.41) is 11.1. The Morgan fingerprint density at radius 1 is 1.17 bits per heavy atom. The Morgan fingerprint density at radius 2 is 1.87 bits per heavy atom. The Hall–Kier alpha value is -3.30. The molecule has 0 spiro atoms. The molecular weight excluding hydrogens is 429 g/mol. The minimum Gasteiger partial charge on any atom is -0.368 e. The number of hydrogen-bond acceptors (Lipinski definition) is 6. The van der Waals surface area contributed by atoms with Crippen LogP contribution >= 0.6 is 22.9 Å². The van der Waals surface area contributed by atoms with Crippen LogP contribution in [0.4, 0.5) is 15.2 Å². The number of anilines is 2. The molecule has 152 valence electrons. The molecule has 0 bridgehead atoms. The summed E-state index contributed by atoms with van der Waals surface area (Å²) in [6.45, 7) is 0. The van der Waals surface area contributed by atoms with Gasteiger partial charge in [0.05, 0.1) is 11.4 Å². The number of carbonyl (C=O) groups is 2. The normalized spacial score (nSPS) is 15.7. The molecule has 0 saturated heterocycles. The molecule has 10 heteroatoms. The standard InChI is InChI=1S/C20H15ClFN5O2S/c21-12-3-1-11(2-4-12)16-10-30-20(24-16)25-19(29)15-9-17(18(23)28)27(26-15)14-7-5-13(22)6-8-14/h1-8,10,17H,9H2,(H2,23,28)(H,24,25,29). The molecule has 7 nitrogen and oxygen atoms in total. The number of nitrogens with zero attached hydrogens (tertiary/aromatic N) is 3. The van der Waals surface area contributed by atoms with Crippen molar-refractivity contribution >= 4 is 51.3 Å². The fourth-order valence-corrected chi connectivity index (χ4v) is 3.80. The maximum atomic E-state index is 13.2. The van der Waals surface area contributed by atoms with Crippen LogP contribution in [-0.2, 0) is 9.59 Å². The minimum absolute atomic E-state index is 0.0357. The van der Waals surface area contributed by atoms with E-state index in [2.05, 4.69) is 15.4 Å². The third-order valence-electron chi connectivity index (χ3n) is 4.46. The Bertz CT molecular complexity index is 1130. The number of aromatic nitrogens is 1. The van der Waals surface area contributed by atoms with E-state index in [-0.39, 0.29) is 12.1 Å². The van der Waals surface area contributed by atoms with Gasteiger partial charge in [0.2, 0.25) is 5.91 Å². The molecule has 3 aromatic rings. The van der Waals surface area contributed by atoms with Crippen LogP contribution in [0.3, 0.4) is 0 Å². The van der Waals surface area contributed by atoms with Crippen molar-refractivity contribution in [3.05, 3.63) is 64.8 Å². The van der Waals surface area contributed by atoms with Gasteiger partial charge in [-0.25, -0.2) is 9.37 Å². The van der Waals surface area contributed by atoms with Crippen molar-refractivity contribution in [1.82, 2.24) is 4.98 Å². The fourth-order valence-electron chi connectivity index (χ4n) is 2.95. The maximum absolute atomic E-state index is 13.2. The Morgan fingerprint density at radius 3 is 2.53 bits per heavy atom. The smallest absolute Gasteiger partial charge is 0.273 e. The summed E-state index contributed by atoms with van der Waals surface area (Å²) in [6.07, 6.45) is 0.0357. The molecule has 1 aromatic heterocycles. The summed E-state index contributed by atoms with van der Waals surface area (Å²) in [4.78, 5) is 28.9. The zero-order valence-electron chi connectivity index (χ0n) is 15.4. The predicted octanol–water partition coefficient (Wildman–Crippen LogP) is 3.66. The lowest BCUT2D eigenvalue weighted by Crippen LogP contribution is -2.39. The van der Waals surface area contributed by atoms with Gasteiger partial charge in [0.25, 0.3) is 5.91 Å². The summed E-state index contributed by atoms with van der Waals surface area (Å²) >= 11 is 7.16. The molecule has 2 heterocycles. The van der Waals surface area contributed by atoms with Crippen LogP contribution in [0.2, 0.25) is 5.02 Å². The minimum atomic E-state index is -0.836. The van der Waals surface area contributed by atoms with Crippen LogP contribution < -0.4 is 16.1 Å². The average Bonchev–Trinajstić information content (AvgIpc) is 3.37. The number of thiazole rings is 1.